The van der Waals surface area contributed by atoms with Crippen molar-refractivity contribution >= 4 is 5.78 Å². The molecule has 0 fully saturated rings. The number of ketones is 1. The first-order chi connectivity index (χ1) is 10.2. The average Bonchev–Trinajstić information content (AvgIpc) is 2.97. The van der Waals surface area contributed by atoms with Gasteiger partial charge in [0.25, 0.3) is 5.88 Å². The zero-order valence-electron chi connectivity index (χ0n) is 11.3. The molecule has 104 valence electrons. The van der Waals surface area contributed by atoms with Crippen molar-refractivity contribution in [1.82, 2.24) is 20.4 Å². The third-order valence-corrected chi connectivity index (χ3v) is 2.93. The van der Waals surface area contributed by atoms with Gasteiger partial charge in [0.2, 0.25) is 0 Å². The monoisotopic (exact) mass is 280 g/mol. The summed E-state index contributed by atoms with van der Waals surface area (Å²) in [5.74, 6) is 0.581. The molecule has 2 aromatic heterocycles. The van der Waals surface area contributed by atoms with Gasteiger partial charge in [0.15, 0.2) is 11.5 Å². The number of H-pyrrole nitrogens is 1. The van der Waals surface area contributed by atoms with Crippen LogP contribution in [-0.4, -0.2) is 26.2 Å². The van der Waals surface area contributed by atoms with Crippen molar-refractivity contribution in [2.45, 2.75) is 6.92 Å². The van der Waals surface area contributed by atoms with Gasteiger partial charge in [0.05, 0.1) is 0 Å². The molecule has 2 heterocycles. The van der Waals surface area contributed by atoms with Crippen LogP contribution in [0, 0.1) is 0 Å². The molecule has 0 saturated heterocycles. The largest absolute Gasteiger partial charge is 0.436 e. The molecule has 0 bridgehead atoms. The van der Waals surface area contributed by atoms with Gasteiger partial charge >= 0.3 is 0 Å². The van der Waals surface area contributed by atoms with Crippen LogP contribution < -0.4 is 4.74 Å². The van der Waals surface area contributed by atoms with Crippen molar-refractivity contribution in [2.24, 2.45) is 0 Å². The molecule has 3 aromatic rings. The summed E-state index contributed by atoms with van der Waals surface area (Å²) in [6.07, 6.45) is 3.52. The molecule has 0 aliphatic heterocycles. The van der Waals surface area contributed by atoms with Crippen LogP contribution in [0.1, 0.15) is 17.4 Å². The van der Waals surface area contributed by atoms with Gasteiger partial charge in [-0.15, -0.1) is 0 Å². The SMILES string of the molecule is CC(=O)c1[nH]nnc1Oc1ccc(-c2cccnc2)cc1. The lowest BCUT2D eigenvalue weighted by atomic mass is 10.1. The summed E-state index contributed by atoms with van der Waals surface area (Å²) in [6, 6.07) is 11.3. The van der Waals surface area contributed by atoms with E-state index in [2.05, 4.69) is 20.4 Å². The van der Waals surface area contributed by atoms with Gasteiger partial charge in [-0.3, -0.25) is 14.9 Å². The molecule has 0 amide bonds. The van der Waals surface area contributed by atoms with Crippen LogP contribution in [0.3, 0.4) is 0 Å². The molecule has 0 spiro atoms. The highest BCUT2D eigenvalue weighted by atomic mass is 16.5. The van der Waals surface area contributed by atoms with E-state index >= 15 is 0 Å². The Bertz CT molecular complexity index is 751. The van der Waals surface area contributed by atoms with Gasteiger partial charge in [0, 0.05) is 19.3 Å². The number of hydrogen-bond acceptors (Lipinski definition) is 5. The zero-order valence-corrected chi connectivity index (χ0v) is 11.3. The number of nitrogens with zero attached hydrogens (tertiary/aromatic N) is 3. The number of benzene rings is 1. The standard InChI is InChI=1S/C15H12N4O2/c1-10(20)14-15(18-19-17-14)21-13-6-4-11(5-7-13)12-3-2-8-16-9-12/h2-9H,1H3,(H,17,18,19). The smallest absolute Gasteiger partial charge is 0.269 e. The topological polar surface area (TPSA) is 80.8 Å². The number of ether oxygens (including phenoxy) is 1. The number of Topliss-reactive ketones (excluding diaryl/α,β-unsaturated/α-hetero) is 1. The van der Waals surface area contributed by atoms with E-state index in [0.717, 1.165) is 11.1 Å². The van der Waals surface area contributed by atoms with E-state index in [-0.39, 0.29) is 17.4 Å². The predicted molar refractivity (Wildman–Crippen MR) is 76.1 cm³/mol. The van der Waals surface area contributed by atoms with Crippen LogP contribution in [0.15, 0.2) is 48.8 Å². The van der Waals surface area contributed by atoms with Crippen LogP contribution in [-0.2, 0) is 0 Å². The Labute approximate surface area is 120 Å². The van der Waals surface area contributed by atoms with Crippen molar-refractivity contribution in [3.63, 3.8) is 0 Å². The van der Waals surface area contributed by atoms with Gasteiger partial charge in [-0.2, -0.15) is 0 Å². The molecule has 0 atom stereocenters. The summed E-state index contributed by atoms with van der Waals surface area (Å²) >= 11 is 0. The Kier molecular flexibility index (Phi) is 3.42. The van der Waals surface area contributed by atoms with E-state index in [9.17, 15) is 4.79 Å². The minimum atomic E-state index is -0.179. The highest BCUT2D eigenvalue weighted by molar-refractivity contribution is 5.94. The zero-order chi connectivity index (χ0) is 14.7. The van der Waals surface area contributed by atoms with Crippen molar-refractivity contribution in [3.8, 4) is 22.8 Å². The van der Waals surface area contributed by atoms with E-state index in [4.69, 9.17) is 4.74 Å². The number of rotatable bonds is 4. The van der Waals surface area contributed by atoms with Crippen molar-refractivity contribution in [2.75, 3.05) is 0 Å². The van der Waals surface area contributed by atoms with Gasteiger partial charge in [-0.25, -0.2) is 0 Å². The first-order valence-electron chi connectivity index (χ1n) is 6.34. The van der Waals surface area contributed by atoms with Gasteiger partial charge in [0.1, 0.15) is 5.75 Å². The Balaban J connectivity index is 1.82. The number of aromatic amines is 1. The fourth-order valence-corrected chi connectivity index (χ4v) is 1.88. The number of nitrogens with one attached hydrogen (secondary N) is 1. The summed E-state index contributed by atoms with van der Waals surface area (Å²) in [5.41, 5.74) is 2.31. The Hall–Kier alpha value is -3.02. The Morgan fingerprint density at radius 3 is 2.62 bits per heavy atom. The lowest BCUT2D eigenvalue weighted by Crippen LogP contribution is -1.96. The molecule has 1 aromatic carbocycles. The summed E-state index contributed by atoms with van der Waals surface area (Å²) in [6.45, 7) is 1.42. The summed E-state index contributed by atoms with van der Waals surface area (Å²) in [4.78, 5) is 15.4. The fraction of sp³-hybridized carbons (Fsp3) is 0.0667. The van der Waals surface area contributed by atoms with Crippen LogP contribution in [0.4, 0.5) is 0 Å². The highest BCUT2D eigenvalue weighted by Crippen LogP contribution is 2.25. The van der Waals surface area contributed by atoms with Crippen LogP contribution in [0.2, 0.25) is 0 Å². The quantitative estimate of drug-likeness (QED) is 0.743. The molecule has 0 radical (unpaired) electrons. The Morgan fingerprint density at radius 1 is 1.14 bits per heavy atom. The third kappa shape index (κ3) is 2.79. The Morgan fingerprint density at radius 2 is 1.95 bits per heavy atom. The average molecular weight is 280 g/mol. The molecule has 21 heavy (non-hydrogen) atoms. The van der Waals surface area contributed by atoms with Crippen LogP contribution >= 0.6 is 0 Å². The number of carbonyl (C=O) groups excluding carboxylic acids is 1. The van der Waals surface area contributed by atoms with E-state index in [0.29, 0.717) is 5.75 Å². The van der Waals surface area contributed by atoms with Gasteiger partial charge in [-0.05, 0) is 29.3 Å². The summed E-state index contributed by atoms with van der Waals surface area (Å²) in [5, 5.41) is 9.85. The van der Waals surface area contributed by atoms with Crippen LogP contribution in [0.5, 0.6) is 11.6 Å². The second kappa shape index (κ2) is 5.54. The first kappa shape index (κ1) is 13.0. The predicted octanol–water partition coefficient (Wildman–Crippen LogP) is 2.86. The maximum atomic E-state index is 11.4. The number of aromatic nitrogens is 4. The maximum absolute atomic E-state index is 11.4. The third-order valence-electron chi connectivity index (χ3n) is 2.93. The van der Waals surface area contributed by atoms with E-state index in [1.165, 1.54) is 6.92 Å². The second-order valence-corrected chi connectivity index (χ2v) is 4.42. The molecule has 0 saturated carbocycles. The van der Waals surface area contributed by atoms with Gasteiger partial charge < -0.3 is 4.74 Å². The first-order valence-corrected chi connectivity index (χ1v) is 6.34. The van der Waals surface area contributed by atoms with Crippen molar-refractivity contribution in [1.29, 1.82) is 0 Å². The van der Waals surface area contributed by atoms with E-state index < -0.39 is 0 Å². The molecule has 0 aliphatic rings. The molecular weight excluding hydrogens is 268 g/mol. The normalized spacial score (nSPS) is 10.3. The lowest BCUT2D eigenvalue weighted by molar-refractivity contribution is 0.101. The van der Waals surface area contributed by atoms with Crippen molar-refractivity contribution in [3.05, 3.63) is 54.5 Å². The maximum Gasteiger partial charge on any atom is 0.269 e. The van der Waals surface area contributed by atoms with E-state index in [1.807, 2.05) is 24.3 Å². The second-order valence-electron chi connectivity index (χ2n) is 4.42. The molecular formula is C15H12N4O2. The minimum Gasteiger partial charge on any atom is -0.436 e. The molecule has 0 aliphatic carbocycles. The molecule has 6 heteroatoms. The molecule has 6 nitrogen and oxygen atoms in total. The number of hydrogen-bond donors (Lipinski definition) is 1. The number of carbonyl (C=O) groups is 1. The number of pyridine rings is 1. The fourth-order valence-electron chi connectivity index (χ4n) is 1.88. The summed E-state index contributed by atoms with van der Waals surface area (Å²) < 4.78 is 5.56. The van der Waals surface area contributed by atoms with Gasteiger partial charge in [-0.1, -0.05) is 28.5 Å². The summed E-state index contributed by atoms with van der Waals surface area (Å²) in [7, 11) is 0. The molecule has 3 rings (SSSR count). The molecule has 0 unspecified atom stereocenters. The van der Waals surface area contributed by atoms with Crippen molar-refractivity contribution < 1.29 is 9.53 Å². The lowest BCUT2D eigenvalue weighted by Gasteiger charge is -2.05. The minimum absolute atomic E-state index is 0.177. The molecule has 1 N–H and O–H groups in total. The van der Waals surface area contributed by atoms with E-state index in [1.54, 1.807) is 24.5 Å². The highest BCUT2D eigenvalue weighted by Gasteiger charge is 2.13. The van der Waals surface area contributed by atoms with Crippen LogP contribution in [0.25, 0.3) is 11.1 Å².